The summed E-state index contributed by atoms with van der Waals surface area (Å²) >= 11 is 0. The summed E-state index contributed by atoms with van der Waals surface area (Å²) in [6.07, 6.45) is 3.66. The fourth-order valence-electron chi connectivity index (χ4n) is 3.57. The molecular weight excluding hydrogens is 376 g/mol. The molecule has 0 bridgehead atoms. The quantitative estimate of drug-likeness (QED) is 0.306. The summed E-state index contributed by atoms with van der Waals surface area (Å²) in [5.74, 6) is 1.42. The zero-order valence-corrected chi connectivity index (χ0v) is 16.4. The molecular formula is C22H22N8. The second kappa shape index (κ2) is 8.20. The van der Waals surface area contributed by atoms with E-state index in [0.29, 0.717) is 11.9 Å². The number of benzene rings is 3. The molecule has 150 valence electrons. The number of nitrogens with zero attached hydrogens (tertiary/aromatic N) is 4. The van der Waals surface area contributed by atoms with Crippen molar-refractivity contribution >= 4 is 45.9 Å². The summed E-state index contributed by atoms with van der Waals surface area (Å²) in [5, 5.41) is 19.6. The van der Waals surface area contributed by atoms with E-state index < -0.39 is 0 Å². The van der Waals surface area contributed by atoms with Crippen LogP contribution >= 0.6 is 0 Å². The maximum Gasteiger partial charge on any atom is 0.212 e. The van der Waals surface area contributed by atoms with Crippen molar-refractivity contribution in [3.05, 3.63) is 59.7 Å². The van der Waals surface area contributed by atoms with Gasteiger partial charge in [-0.2, -0.15) is 10.2 Å². The minimum Gasteiger partial charge on any atom is -0.353 e. The summed E-state index contributed by atoms with van der Waals surface area (Å²) in [6, 6.07) is 16.9. The molecule has 0 atom stereocenters. The van der Waals surface area contributed by atoms with Crippen LogP contribution in [0, 0.1) is 0 Å². The smallest absolute Gasteiger partial charge is 0.212 e. The summed E-state index contributed by atoms with van der Waals surface area (Å²) in [6.45, 7) is 3.24. The second-order valence-electron chi connectivity index (χ2n) is 7.04. The van der Waals surface area contributed by atoms with Gasteiger partial charge in [0, 0.05) is 24.2 Å². The highest BCUT2D eigenvalue weighted by atomic mass is 15.4. The Hall–Kier alpha value is -3.94. The lowest BCUT2D eigenvalue weighted by Gasteiger charge is -2.09. The molecule has 8 heteroatoms. The van der Waals surface area contributed by atoms with Crippen molar-refractivity contribution in [1.29, 1.82) is 0 Å². The molecule has 0 spiro atoms. The Labute approximate surface area is 173 Å². The van der Waals surface area contributed by atoms with Crippen LogP contribution < -0.4 is 21.5 Å². The first kappa shape index (κ1) is 18.1. The molecule has 3 aromatic carbocycles. The molecule has 0 unspecified atom stereocenters. The molecule has 2 heterocycles. The standard InChI is InChI=1S/C22H22N8/c1-2-4-16-12-20-18(14-28-30-22-25-9-10-26-22)6-5-17(19(20)11-15(16)3-1)13-27-29-21-23-7-8-24-21/h1-6,11-14H,7-10H2,(H2,23,24,29)(H2,25,26,30)/b27-13-,28-14-. The van der Waals surface area contributed by atoms with E-state index in [4.69, 9.17) is 0 Å². The van der Waals surface area contributed by atoms with Gasteiger partial charge in [0.25, 0.3) is 0 Å². The first-order valence-electron chi connectivity index (χ1n) is 9.97. The van der Waals surface area contributed by atoms with Gasteiger partial charge in [-0.3, -0.25) is 0 Å². The lowest BCUT2D eigenvalue weighted by Crippen LogP contribution is -2.30. The minimum absolute atomic E-state index is 0.708. The van der Waals surface area contributed by atoms with Gasteiger partial charge >= 0.3 is 0 Å². The second-order valence-corrected chi connectivity index (χ2v) is 7.04. The van der Waals surface area contributed by atoms with Crippen LogP contribution in [0.4, 0.5) is 0 Å². The first-order valence-corrected chi connectivity index (χ1v) is 9.97. The number of nitrogens with one attached hydrogen (secondary N) is 4. The van der Waals surface area contributed by atoms with Crippen LogP contribution in [0.5, 0.6) is 0 Å². The van der Waals surface area contributed by atoms with Gasteiger partial charge in [0.2, 0.25) is 11.9 Å². The van der Waals surface area contributed by atoms with Crippen LogP contribution in [0.3, 0.4) is 0 Å². The fourth-order valence-corrected chi connectivity index (χ4v) is 3.57. The average Bonchev–Trinajstić information content (AvgIpc) is 3.48. The molecule has 0 radical (unpaired) electrons. The van der Waals surface area contributed by atoms with E-state index in [2.05, 4.69) is 90.2 Å². The van der Waals surface area contributed by atoms with Crippen LogP contribution in [0.15, 0.2) is 68.7 Å². The van der Waals surface area contributed by atoms with Crippen molar-refractivity contribution in [2.24, 2.45) is 20.2 Å². The molecule has 0 amide bonds. The lowest BCUT2D eigenvalue weighted by atomic mass is 9.96. The number of aliphatic imine (C=N–C) groups is 2. The maximum atomic E-state index is 4.36. The zero-order chi connectivity index (χ0) is 20.2. The van der Waals surface area contributed by atoms with E-state index in [1.165, 1.54) is 10.8 Å². The van der Waals surface area contributed by atoms with Crippen molar-refractivity contribution in [2.75, 3.05) is 26.2 Å². The average molecular weight is 398 g/mol. The normalized spacial score (nSPS) is 16.1. The van der Waals surface area contributed by atoms with E-state index in [1.807, 2.05) is 12.4 Å². The summed E-state index contributed by atoms with van der Waals surface area (Å²) in [5.41, 5.74) is 7.97. The van der Waals surface area contributed by atoms with Crippen LogP contribution in [0.25, 0.3) is 21.5 Å². The van der Waals surface area contributed by atoms with Gasteiger partial charge in [0.15, 0.2) is 0 Å². The van der Waals surface area contributed by atoms with Gasteiger partial charge in [0.05, 0.1) is 25.5 Å². The van der Waals surface area contributed by atoms with Gasteiger partial charge in [-0.15, -0.1) is 0 Å². The first-order chi connectivity index (χ1) is 14.9. The van der Waals surface area contributed by atoms with Crippen LogP contribution in [-0.4, -0.2) is 50.5 Å². The molecule has 2 aliphatic heterocycles. The Morgan fingerprint density at radius 2 is 1.23 bits per heavy atom. The fraction of sp³-hybridized carbons (Fsp3) is 0.182. The van der Waals surface area contributed by atoms with Crippen molar-refractivity contribution < 1.29 is 0 Å². The summed E-state index contributed by atoms with van der Waals surface area (Å²) < 4.78 is 0. The third-order valence-corrected chi connectivity index (χ3v) is 5.05. The largest absolute Gasteiger partial charge is 0.353 e. The highest BCUT2D eigenvalue weighted by Crippen LogP contribution is 2.27. The Kier molecular flexibility index (Phi) is 4.95. The van der Waals surface area contributed by atoms with Gasteiger partial charge < -0.3 is 10.6 Å². The molecule has 0 saturated carbocycles. The highest BCUT2D eigenvalue weighted by molar-refractivity contribution is 6.11. The van der Waals surface area contributed by atoms with Crippen LogP contribution in [0.1, 0.15) is 11.1 Å². The van der Waals surface area contributed by atoms with Gasteiger partial charge in [-0.25, -0.2) is 20.8 Å². The van der Waals surface area contributed by atoms with Crippen molar-refractivity contribution in [3.63, 3.8) is 0 Å². The van der Waals surface area contributed by atoms with Crippen molar-refractivity contribution in [3.8, 4) is 0 Å². The number of rotatable bonds is 4. The molecule has 5 rings (SSSR count). The highest BCUT2D eigenvalue weighted by Gasteiger charge is 2.08. The van der Waals surface area contributed by atoms with Crippen molar-refractivity contribution in [1.82, 2.24) is 21.5 Å². The van der Waals surface area contributed by atoms with Gasteiger partial charge in [-0.05, 0) is 33.7 Å². The number of hydrogen-bond acceptors (Lipinski definition) is 8. The SMILES string of the molecule is C(=N/NC1=NCCN1)/c1ccc(/C=N\NC2=NCCN2)c2cc3ccccc3cc12. The Bertz CT molecular complexity index is 1110. The molecule has 8 nitrogen and oxygen atoms in total. The monoisotopic (exact) mass is 398 g/mol. The Morgan fingerprint density at radius 1 is 0.733 bits per heavy atom. The summed E-state index contributed by atoms with van der Waals surface area (Å²) in [4.78, 5) is 8.58. The van der Waals surface area contributed by atoms with Crippen LogP contribution in [0.2, 0.25) is 0 Å². The van der Waals surface area contributed by atoms with E-state index in [9.17, 15) is 0 Å². The Morgan fingerprint density at radius 3 is 1.67 bits per heavy atom. The van der Waals surface area contributed by atoms with E-state index >= 15 is 0 Å². The predicted molar refractivity (Wildman–Crippen MR) is 124 cm³/mol. The van der Waals surface area contributed by atoms with Crippen LogP contribution in [-0.2, 0) is 0 Å². The molecule has 3 aromatic rings. The van der Waals surface area contributed by atoms with Gasteiger partial charge in [-0.1, -0.05) is 36.4 Å². The Balaban J connectivity index is 1.51. The van der Waals surface area contributed by atoms with E-state index in [-0.39, 0.29) is 0 Å². The predicted octanol–water partition coefficient (Wildman–Crippen LogP) is 1.76. The third-order valence-electron chi connectivity index (χ3n) is 5.05. The zero-order valence-electron chi connectivity index (χ0n) is 16.4. The molecule has 0 saturated heterocycles. The molecule has 4 N–H and O–H groups in total. The maximum absolute atomic E-state index is 4.36. The molecule has 2 aliphatic rings. The summed E-state index contributed by atoms with van der Waals surface area (Å²) in [7, 11) is 0. The molecule has 0 fully saturated rings. The van der Waals surface area contributed by atoms with Crippen molar-refractivity contribution in [2.45, 2.75) is 0 Å². The number of fused-ring (bicyclic) bond motifs is 2. The number of hydrogen-bond donors (Lipinski definition) is 4. The van der Waals surface area contributed by atoms with E-state index in [0.717, 1.165) is 48.1 Å². The number of hydrazone groups is 2. The molecule has 30 heavy (non-hydrogen) atoms. The number of guanidine groups is 2. The van der Waals surface area contributed by atoms with Gasteiger partial charge in [0.1, 0.15) is 0 Å². The molecule has 0 aromatic heterocycles. The third kappa shape index (κ3) is 3.80. The topological polar surface area (TPSA) is 97.6 Å². The minimum atomic E-state index is 0.708. The van der Waals surface area contributed by atoms with E-state index in [1.54, 1.807) is 0 Å². The molecule has 0 aliphatic carbocycles. The lowest BCUT2D eigenvalue weighted by molar-refractivity contribution is 0.919.